The largest absolute Gasteiger partial charge is 0.291 e. The molecule has 0 aromatic carbocycles. The summed E-state index contributed by atoms with van der Waals surface area (Å²) >= 11 is 0. The van der Waals surface area contributed by atoms with Gasteiger partial charge in [0.2, 0.25) is 5.78 Å². The van der Waals surface area contributed by atoms with E-state index in [2.05, 4.69) is 23.8 Å². The summed E-state index contributed by atoms with van der Waals surface area (Å²) in [4.78, 5) is 8.64. The van der Waals surface area contributed by atoms with Crippen LogP contribution in [0.2, 0.25) is 0 Å². The Balaban J connectivity index is 2.62. The van der Waals surface area contributed by atoms with Crippen LogP contribution < -0.4 is 0 Å². The fourth-order valence-electron chi connectivity index (χ4n) is 1.28. The molecule has 2 heterocycles. The van der Waals surface area contributed by atoms with Gasteiger partial charge in [0, 0.05) is 18.6 Å². The maximum absolute atomic E-state index is 4.41. The first-order valence-corrected chi connectivity index (χ1v) is 4.48. The van der Waals surface area contributed by atoms with Crippen LogP contribution in [0.25, 0.3) is 5.78 Å². The van der Waals surface area contributed by atoms with Crippen LogP contribution in [-0.2, 0) is 0 Å². The Morgan fingerprint density at radius 1 is 1.31 bits per heavy atom. The van der Waals surface area contributed by atoms with Crippen LogP contribution in [0, 0.1) is 6.92 Å². The highest BCUT2D eigenvalue weighted by Gasteiger charge is 2.05. The number of nitrogens with zero attached hydrogens (tertiary/aromatic N) is 3. The van der Waals surface area contributed by atoms with E-state index in [1.807, 2.05) is 29.9 Å². The van der Waals surface area contributed by atoms with E-state index in [9.17, 15) is 0 Å². The fourth-order valence-corrected chi connectivity index (χ4v) is 1.28. The topological polar surface area (TPSA) is 30.2 Å². The van der Waals surface area contributed by atoms with Crippen LogP contribution >= 0.6 is 0 Å². The Hall–Kier alpha value is -1.38. The molecule has 0 saturated carbocycles. The predicted molar refractivity (Wildman–Crippen MR) is 51.8 cm³/mol. The van der Waals surface area contributed by atoms with Gasteiger partial charge < -0.3 is 0 Å². The van der Waals surface area contributed by atoms with Gasteiger partial charge in [0.25, 0.3) is 0 Å². The van der Waals surface area contributed by atoms with Gasteiger partial charge >= 0.3 is 0 Å². The molecule has 0 fully saturated rings. The molecule has 2 aromatic rings. The second-order valence-electron chi connectivity index (χ2n) is 3.66. The lowest BCUT2D eigenvalue weighted by molar-refractivity contribution is 0.833. The van der Waals surface area contributed by atoms with Gasteiger partial charge in [0.05, 0.1) is 5.69 Å². The second kappa shape index (κ2) is 2.83. The van der Waals surface area contributed by atoms with Gasteiger partial charge in [-0.1, -0.05) is 13.8 Å². The fraction of sp³-hybridized carbons (Fsp3) is 0.400. The van der Waals surface area contributed by atoms with E-state index >= 15 is 0 Å². The second-order valence-corrected chi connectivity index (χ2v) is 3.66. The lowest BCUT2D eigenvalue weighted by Crippen LogP contribution is -1.87. The van der Waals surface area contributed by atoms with Crippen molar-refractivity contribution in [3.8, 4) is 0 Å². The van der Waals surface area contributed by atoms with Crippen molar-refractivity contribution in [1.82, 2.24) is 14.4 Å². The SMILES string of the molecule is Cc1cnc2nc(C(C)C)cn2c1. The van der Waals surface area contributed by atoms with E-state index in [0.717, 1.165) is 17.0 Å². The first kappa shape index (κ1) is 8.23. The molecule has 2 aromatic heterocycles. The average molecular weight is 175 g/mol. The maximum Gasteiger partial charge on any atom is 0.233 e. The van der Waals surface area contributed by atoms with Gasteiger partial charge in [-0.2, -0.15) is 0 Å². The molecule has 0 atom stereocenters. The minimum Gasteiger partial charge on any atom is -0.291 e. The summed E-state index contributed by atoms with van der Waals surface area (Å²) in [6.45, 7) is 6.30. The van der Waals surface area contributed by atoms with Crippen LogP contribution in [0.15, 0.2) is 18.6 Å². The maximum atomic E-state index is 4.41. The lowest BCUT2D eigenvalue weighted by Gasteiger charge is -1.94. The molecule has 3 nitrogen and oxygen atoms in total. The Morgan fingerprint density at radius 3 is 2.77 bits per heavy atom. The van der Waals surface area contributed by atoms with Crippen molar-refractivity contribution >= 4 is 5.78 Å². The normalized spacial score (nSPS) is 11.4. The van der Waals surface area contributed by atoms with Crippen LogP contribution in [0.5, 0.6) is 0 Å². The molecule has 68 valence electrons. The summed E-state index contributed by atoms with van der Waals surface area (Å²) in [6, 6.07) is 0. The Morgan fingerprint density at radius 2 is 2.08 bits per heavy atom. The molecule has 0 aliphatic carbocycles. The summed E-state index contributed by atoms with van der Waals surface area (Å²) in [5.74, 6) is 1.25. The molecule has 3 heteroatoms. The highest BCUT2D eigenvalue weighted by Crippen LogP contribution is 2.13. The smallest absolute Gasteiger partial charge is 0.233 e. The summed E-state index contributed by atoms with van der Waals surface area (Å²) in [5.41, 5.74) is 2.25. The number of rotatable bonds is 1. The minimum atomic E-state index is 0.460. The van der Waals surface area contributed by atoms with Gasteiger partial charge in [-0.25, -0.2) is 9.97 Å². The van der Waals surface area contributed by atoms with E-state index in [1.54, 1.807) is 0 Å². The zero-order valence-corrected chi connectivity index (χ0v) is 8.15. The highest BCUT2D eigenvalue weighted by atomic mass is 15.1. The van der Waals surface area contributed by atoms with Crippen molar-refractivity contribution in [1.29, 1.82) is 0 Å². The summed E-state index contributed by atoms with van der Waals surface area (Å²) in [7, 11) is 0. The molecule has 0 saturated heterocycles. The molecule has 0 amide bonds. The van der Waals surface area contributed by atoms with Gasteiger partial charge in [0.1, 0.15) is 0 Å². The third-order valence-electron chi connectivity index (χ3n) is 2.05. The number of hydrogen-bond acceptors (Lipinski definition) is 2. The highest BCUT2D eigenvalue weighted by molar-refractivity contribution is 5.32. The molecule has 0 aliphatic rings. The first-order chi connectivity index (χ1) is 6.16. The third-order valence-corrected chi connectivity index (χ3v) is 2.05. The molecular weight excluding hydrogens is 162 g/mol. The van der Waals surface area contributed by atoms with E-state index in [1.165, 1.54) is 0 Å². The molecule has 0 bridgehead atoms. The number of aryl methyl sites for hydroxylation is 1. The number of aromatic nitrogens is 3. The third kappa shape index (κ3) is 1.41. The van der Waals surface area contributed by atoms with Crippen molar-refractivity contribution in [2.24, 2.45) is 0 Å². The zero-order chi connectivity index (χ0) is 9.42. The lowest BCUT2D eigenvalue weighted by atomic mass is 10.2. The van der Waals surface area contributed by atoms with Crippen molar-refractivity contribution in [3.05, 3.63) is 29.8 Å². The van der Waals surface area contributed by atoms with E-state index in [4.69, 9.17) is 0 Å². The summed E-state index contributed by atoms with van der Waals surface area (Å²) < 4.78 is 1.98. The standard InChI is InChI=1S/C10H13N3/c1-7(2)9-6-13-5-8(3)4-11-10(13)12-9/h4-7H,1-3H3. The molecule has 0 spiro atoms. The number of hydrogen-bond donors (Lipinski definition) is 0. The Labute approximate surface area is 77.4 Å². The van der Waals surface area contributed by atoms with Crippen LogP contribution in [-0.4, -0.2) is 14.4 Å². The van der Waals surface area contributed by atoms with Gasteiger partial charge in [0.15, 0.2) is 0 Å². The molecule has 13 heavy (non-hydrogen) atoms. The molecular formula is C10H13N3. The van der Waals surface area contributed by atoms with Crippen LogP contribution in [0.1, 0.15) is 31.0 Å². The van der Waals surface area contributed by atoms with Crippen LogP contribution in [0.3, 0.4) is 0 Å². The van der Waals surface area contributed by atoms with E-state index in [-0.39, 0.29) is 0 Å². The average Bonchev–Trinajstić information content (AvgIpc) is 2.46. The number of fused-ring (bicyclic) bond motifs is 1. The van der Waals surface area contributed by atoms with Gasteiger partial charge in [-0.3, -0.25) is 4.40 Å². The van der Waals surface area contributed by atoms with Crippen molar-refractivity contribution in [3.63, 3.8) is 0 Å². The molecule has 0 unspecified atom stereocenters. The van der Waals surface area contributed by atoms with Crippen LogP contribution in [0.4, 0.5) is 0 Å². The zero-order valence-electron chi connectivity index (χ0n) is 8.15. The monoisotopic (exact) mass is 175 g/mol. The number of imidazole rings is 1. The molecule has 0 aliphatic heterocycles. The Bertz CT molecular complexity index is 429. The first-order valence-electron chi connectivity index (χ1n) is 4.48. The summed E-state index contributed by atoms with van der Waals surface area (Å²) in [5, 5.41) is 0. The van der Waals surface area contributed by atoms with Crippen molar-refractivity contribution in [2.45, 2.75) is 26.7 Å². The van der Waals surface area contributed by atoms with Crippen molar-refractivity contribution in [2.75, 3.05) is 0 Å². The quantitative estimate of drug-likeness (QED) is 0.664. The van der Waals surface area contributed by atoms with Gasteiger partial charge in [-0.05, 0) is 18.4 Å². The molecule has 0 radical (unpaired) electrons. The molecule has 0 N–H and O–H groups in total. The van der Waals surface area contributed by atoms with E-state index in [0.29, 0.717) is 5.92 Å². The minimum absolute atomic E-state index is 0.460. The Kier molecular flexibility index (Phi) is 1.79. The molecule has 2 rings (SSSR count). The van der Waals surface area contributed by atoms with Gasteiger partial charge in [-0.15, -0.1) is 0 Å². The predicted octanol–water partition coefficient (Wildman–Crippen LogP) is 2.16. The van der Waals surface area contributed by atoms with E-state index < -0.39 is 0 Å². The van der Waals surface area contributed by atoms with Crippen molar-refractivity contribution < 1.29 is 0 Å². The summed E-state index contributed by atoms with van der Waals surface area (Å²) in [6.07, 6.45) is 5.92.